The van der Waals surface area contributed by atoms with Crippen molar-refractivity contribution in [2.24, 2.45) is 0 Å². The van der Waals surface area contributed by atoms with Gasteiger partial charge in [0.2, 0.25) is 0 Å². The fourth-order valence-corrected chi connectivity index (χ4v) is 3.14. The summed E-state index contributed by atoms with van der Waals surface area (Å²) in [5.41, 5.74) is 0.661. The van der Waals surface area contributed by atoms with Crippen molar-refractivity contribution in [1.82, 2.24) is 9.55 Å². The summed E-state index contributed by atoms with van der Waals surface area (Å²) in [6.45, 7) is 0. The van der Waals surface area contributed by atoms with Crippen LogP contribution in [0.15, 0.2) is 77.6 Å². The van der Waals surface area contributed by atoms with Crippen LogP contribution < -0.4 is 5.56 Å². The number of hydrogen-bond acceptors (Lipinski definition) is 4. The third-order valence-electron chi connectivity index (χ3n) is 4.18. The summed E-state index contributed by atoms with van der Waals surface area (Å²) in [5.74, 6) is 0.324. The highest BCUT2D eigenvalue weighted by Crippen LogP contribution is 2.29. The third kappa shape index (κ3) is 2.96. The SMILES string of the molecule is O=c1c2ccccc2nc(-c2ccccc2)n1-c1ccc(Cl)cc1[N+](=O)[O-]. The summed E-state index contributed by atoms with van der Waals surface area (Å²) in [6, 6.07) is 20.2. The predicted octanol–water partition coefficient (Wildman–Crippen LogP) is 4.61. The van der Waals surface area contributed by atoms with E-state index in [1.807, 2.05) is 18.2 Å². The van der Waals surface area contributed by atoms with Crippen LogP contribution in [0.5, 0.6) is 0 Å². The summed E-state index contributed by atoms with van der Waals surface area (Å²) in [6.07, 6.45) is 0. The Morgan fingerprint density at radius 3 is 2.41 bits per heavy atom. The van der Waals surface area contributed by atoms with E-state index in [1.165, 1.54) is 22.8 Å². The second-order valence-electron chi connectivity index (χ2n) is 5.85. The maximum absolute atomic E-state index is 13.3. The van der Waals surface area contributed by atoms with Crippen molar-refractivity contribution in [3.8, 4) is 17.1 Å². The number of benzene rings is 3. The Bertz CT molecular complexity index is 1240. The first kappa shape index (κ1) is 16.9. The number of para-hydroxylation sites is 1. The first-order valence-corrected chi connectivity index (χ1v) is 8.45. The highest BCUT2D eigenvalue weighted by molar-refractivity contribution is 6.30. The molecule has 3 aromatic carbocycles. The quantitative estimate of drug-likeness (QED) is 0.385. The Labute approximate surface area is 158 Å². The van der Waals surface area contributed by atoms with Gasteiger partial charge in [0.15, 0.2) is 0 Å². The molecule has 0 aliphatic heterocycles. The van der Waals surface area contributed by atoms with Gasteiger partial charge in [-0.15, -0.1) is 0 Å². The molecule has 1 heterocycles. The molecule has 0 fully saturated rings. The van der Waals surface area contributed by atoms with Crippen LogP contribution >= 0.6 is 11.6 Å². The van der Waals surface area contributed by atoms with E-state index in [2.05, 4.69) is 4.98 Å². The zero-order valence-electron chi connectivity index (χ0n) is 13.9. The monoisotopic (exact) mass is 377 g/mol. The molecule has 0 saturated carbocycles. The largest absolute Gasteiger partial charge is 0.294 e. The summed E-state index contributed by atoms with van der Waals surface area (Å²) in [4.78, 5) is 28.9. The molecule has 6 nitrogen and oxygen atoms in total. The van der Waals surface area contributed by atoms with Crippen LogP contribution in [0.3, 0.4) is 0 Å². The van der Waals surface area contributed by atoms with Crippen molar-refractivity contribution in [3.05, 3.63) is 98.3 Å². The molecule has 0 unspecified atom stereocenters. The van der Waals surface area contributed by atoms with Gasteiger partial charge in [0, 0.05) is 16.7 Å². The second-order valence-corrected chi connectivity index (χ2v) is 6.29. The number of rotatable bonds is 3. The zero-order valence-corrected chi connectivity index (χ0v) is 14.6. The smallest absolute Gasteiger partial charge is 0.268 e. The molecule has 4 rings (SSSR count). The number of nitro benzene ring substituents is 1. The van der Waals surface area contributed by atoms with Gasteiger partial charge in [-0.25, -0.2) is 4.98 Å². The summed E-state index contributed by atoms with van der Waals surface area (Å²) < 4.78 is 1.27. The first-order chi connectivity index (χ1) is 13.1. The van der Waals surface area contributed by atoms with E-state index in [4.69, 9.17) is 11.6 Å². The van der Waals surface area contributed by atoms with Gasteiger partial charge in [-0.2, -0.15) is 0 Å². The fraction of sp³-hybridized carbons (Fsp3) is 0. The van der Waals surface area contributed by atoms with Gasteiger partial charge in [-0.05, 0) is 24.3 Å². The van der Waals surface area contributed by atoms with Crippen LogP contribution in [0, 0.1) is 10.1 Å². The minimum atomic E-state index is -0.558. The van der Waals surface area contributed by atoms with E-state index in [1.54, 1.807) is 36.4 Å². The predicted molar refractivity (Wildman–Crippen MR) is 104 cm³/mol. The molecule has 0 bridgehead atoms. The topological polar surface area (TPSA) is 78.0 Å². The molecular weight excluding hydrogens is 366 g/mol. The minimum Gasteiger partial charge on any atom is -0.268 e. The van der Waals surface area contributed by atoms with Gasteiger partial charge < -0.3 is 0 Å². The Morgan fingerprint density at radius 1 is 0.963 bits per heavy atom. The highest BCUT2D eigenvalue weighted by atomic mass is 35.5. The summed E-state index contributed by atoms with van der Waals surface area (Å²) in [7, 11) is 0. The molecule has 4 aromatic rings. The van der Waals surface area contributed by atoms with E-state index in [-0.39, 0.29) is 22.0 Å². The van der Waals surface area contributed by atoms with Gasteiger partial charge >= 0.3 is 0 Å². The Morgan fingerprint density at radius 2 is 1.67 bits per heavy atom. The van der Waals surface area contributed by atoms with E-state index in [9.17, 15) is 14.9 Å². The van der Waals surface area contributed by atoms with Crippen molar-refractivity contribution < 1.29 is 4.92 Å². The van der Waals surface area contributed by atoms with Crippen molar-refractivity contribution >= 4 is 28.2 Å². The minimum absolute atomic E-state index is 0.117. The van der Waals surface area contributed by atoms with E-state index in [0.717, 1.165) is 0 Å². The van der Waals surface area contributed by atoms with Crippen molar-refractivity contribution in [3.63, 3.8) is 0 Å². The molecule has 0 radical (unpaired) electrons. The van der Waals surface area contributed by atoms with Gasteiger partial charge in [-0.3, -0.25) is 19.5 Å². The van der Waals surface area contributed by atoms with Gasteiger partial charge in [-0.1, -0.05) is 54.1 Å². The van der Waals surface area contributed by atoms with Crippen molar-refractivity contribution in [2.75, 3.05) is 0 Å². The Hall–Kier alpha value is -3.51. The number of aromatic nitrogens is 2. The lowest BCUT2D eigenvalue weighted by Gasteiger charge is -2.14. The standard InChI is InChI=1S/C20H12ClN3O3/c21-14-10-11-17(18(12-14)24(26)27)23-19(13-6-2-1-3-7-13)22-16-9-5-4-8-15(16)20(23)25/h1-12H. The molecule has 0 aliphatic rings. The molecule has 7 heteroatoms. The van der Waals surface area contributed by atoms with Gasteiger partial charge in [0.25, 0.3) is 11.2 Å². The number of fused-ring (bicyclic) bond motifs is 1. The van der Waals surface area contributed by atoms with Gasteiger partial charge in [0.05, 0.1) is 15.8 Å². The average Bonchev–Trinajstić information content (AvgIpc) is 2.69. The fourth-order valence-electron chi connectivity index (χ4n) is 2.97. The lowest BCUT2D eigenvalue weighted by molar-refractivity contribution is -0.384. The first-order valence-electron chi connectivity index (χ1n) is 8.08. The molecule has 0 N–H and O–H groups in total. The second kappa shape index (κ2) is 6.66. The third-order valence-corrected chi connectivity index (χ3v) is 4.42. The average molecular weight is 378 g/mol. The number of nitrogens with zero attached hydrogens (tertiary/aromatic N) is 3. The molecule has 0 spiro atoms. The molecule has 0 saturated heterocycles. The number of nitro groups is 1. The molecule has 132 valence electrons. The maximum Gasteiger partial charge on any atom is 0.294 e. The summed E-state index contributed by atoms with van der Waals surface area (Å²) >= 11 is 5.93. The van der Waals surface area contributed by atoms with Crippen molar-refractivity contribution in [1.29, 1.82) is 0 Å². The molecule has 1 aromatic heterocycles. The van der Waals surface area contributed by atoms with Crippen LogP contribution in [-0.2, 0) is 0 Å². The van der Waals surface area contributed by atoms with E-state index >= 15 is 0 Å². The van der Waals surface area contributed by atoms with E-state index in [0.29, 0.717) is 22.3 Å². The van der Waals surface area contributed by atoms with Crippen LogP contribution in [0.2, 0.25) is 5.02 Å². The molecular formula is C20H12ClN3O3. The molecule has 0 aliphatic carbocycles. The van der Waals surface area contributed by atoms with E-state index < -0.39 is 4.92 Å². The van der Waals surface area contributed by atoms with Gasteiger partial charge in [0.1, 0.15) is 11.5 Å². The summed E-state index contributed by atoms with van der Waals surface area (Å²) in [5, 5.41) is 12.2. The molecule has 0 amide bonds. The highest BCUT2D eigenvalue weighted by Gasteiger charge is 2.22. The van der Waals surface area contributed by atoms with Crippen molar-refractivity contribution in [2.45, 2.75) is 0 Å². The lowest BCUT2D eigenvalue weighted by Crippen LogP contribution is -2.22. The number of halogens is 1. The molecule has 0 atom stereocenters. The maximum atomic E-state index is 13.3. The van der Waals surface area contributed by atoms with Crippen LogP contribution in [-0.4, -0.2) is 14.5 Å². The normalized spacial score (nSPS) is 10.9. The Kier molecular flexibility index (Phi) is 4.18. The zero-order chi connectivity index (χ0) is 19.0. The van der Waals surface area contributed by atoms with Crippen LogP contribution in [0.25, 0.3) is 28.0 Å². The lowest BCUT2D eigenvalue weighted by atomic mass is 10.1. The molecule has 27 heavy (non-hydrogen) atoms. The van der Waals surface area contributed by atoms with Crippen LogP contribution in [0.1, 0.15) is 0 Å². The number of hydrogen-bond donors (Lipinski definition) is 0. The van der Waals surface area contributed by atoms with Crippen LogP contribution in [0.4, 0.5) is 5.69 Å². The Balaban J connectivity index is 2.16.